The third kappa shape index (κ3) is 3.70. The summed E-state index contributed by atoms with van der Waals surface area (Å²) in [5, 5.41) is 6.58. The Hall–Kier alpha value is -6.41. The Labute approximate surface area is 262 Å². The number of nitrogens with zero attached hydrogens (tertiary/aromatic N) is 7. The summed E-state index contributed by atoms with van der Waals surface area (Å²) >= 11 is 0. The number of aliphatic imine (C=N–C) groups is 3. The van der Waals surface area contributed by atoms with E-state index >= 15 is 0 Å². The predicted molar refractivity (Wildman–Crippen MR) is 189 cm³/mol. The molecule has 5 aromatic carbocycles. The van der Waals surface area contributed by atoms with E-state index in [1.807, 2.05) is 42.6 Å². The smallest absolute Gasteiger partial charge is 0.235 e. The molecule has 4 aromatic heterocycles. The molecule has 8 heteroatoms. The molecule has 0 radical (unpaired) electrons. The molecule has 0 aliphatic rings. The molecule has 0 saturated heterocycles. The predicted octanol–water partition coefficient (Wildman–Crippen LogP) is 8.81. The second kappa shape index (κ2) is 10.1. The SMILES string of the molecule is C=NC=NC(=NC)n1c2ccccc2c2c3c4ccccc4n(-c4nccc(-c5ccc6oc7ccccc7c6c5)n4)c3ccc21. The summed E-state index contributed by atoms with van der Waals surface area (Å²) in [7, 11) is 1.73. The molecule has 0 saturated carbocycles. The normalized spacial score (nSPS) is 12.6. The van der Waals surface area contributed by atoms with Crippen molar-refractivity contribution >= 4 is 84.6 Å². The molecule has 0 atom stereocenters. The third-order valence-electron chi connectivity index (χ3n) is 8.64. The van der Waals surface area contributed by atoms with Crippen LogP contribution in [0, 0.1) is 0 Å². The largest absolute Gasteiger partial charge is 0.456 e. The number of hydrogen-bond donors (Lipinski definition) is 0. The Morgan fingerprint density at radius 3 is 2.24 bits per heavy atom. The fraction of sp³-hybridized carbons (Fsp3) is 0.0263. The first kappa shape index (κ1) is 26.0. The van der Waals surface area contributed by atoms with Gasteiger partial charge in [-0.3, -0.25) is 19.1 Å². The highest BCUT2D eigenvalue weighted by Crippen LogP contribution is 2.41. The van der Waals surface area contributed by atoms with Crippen molar-refractivity contribution in [2.75, 3.05) is 7.05 Å². The molecule has 0 bridgehead atoms. The van der Waals surface area contributed by atoms with E-state index in [1.54, 1.807) is 7.05 Å². The molecule has 9 rings (SSSR count). The summed E-state index contributed by atoms with van der Waals surface area (Å²) in [5.41, 5.74) is 7.58. The fourth-order valence-corrected chi connectivity index (χ4v) is 6.76. The number of para-hydroxylation sites is 3. The van der Waals surface area contributed by atoms with Crippen LogP contribution in [0.2, 0.25) is 0 Å². The number of hydrogen-bond acceptors (Lipinski definition) is 4. The van der Waals surface area contributed by atoms with Gasteiger partial charge in [0.25, 0.3) is 0 Å². The summed E-state index contributed by atoms with van der Waals surface area (Å²) < 4.78 is 10.3. The van der Waals surface area contributed by atoms with Gasteiger partial charge < -0.3 is 4.42 Å². The average molecular weight is 596 g/mol. The van der Waals surface area contributed by atoms with Crippen LogP contribution in [0.3, 0.4) is 0 Å². The standard InChI is InChI=1S/C38H25N7O/c1-39-22-42-37(40-2)44-29-12-6-3-10-25(29)35-31(44)16-17-32-36(35)26-11-4-7-13-30(26)45(32)38-41-20-19-28(43-38)23-15-18-34-27(21-23)24-9-5-8-14-33(24)46-34/h3-22H,1H2,2H3. The van der Waals surface area contributed by atoms with Crippen LogP contribution in [-0.4, -0.2) is 45.2 Å². The van der Waals surface area contributed by atoms with Gasteiger partial charge in [-0.05, 0) is 61.3 Å². The number of fused-ring (bicyclic) bond motifs is 10. The lowest BCUT2D eigenvalue weighted by molar-refractivity contribution is 0.669. The molecule has 0 N–H and O–H groups in total. The molecule has 9 aromatic rings. The quantitative estimate of drug-likeness (QED) is 0.151. The first-order valence-electron chi connectivity index (χ1n) is 14.9. The van der Waals surface area contributed by atoms with Gasteiger partial charge in [0.15, 0.2) is 0 Å². The molecule has 4 heterocycles. The number of furan rings is 1. The molecule has 0 aliphatic carbocycles. The molecule has 46 heavy (non-hydrogen) atoms. The summed E-state index contributed by atoms with van der Waals surface area (Å²) in [5.74, 6) is 1.13. The summed E-state index contributed by atoms with van der Waals surface area (Å²) in [6.07, 6.45) is 3.25. The summed E-state index contributed by atoms with van der Waals surface area (Å²) in [6.45, 7) is 3.55. The van der Waals surface area contributed by atoms with E-state index < -0.39 is 0 Å². The van der Waals surface area contributed by atoms with Gasteiger partial charge in [0, 0.05) is 51.1 Å². The van der Waals surface area contributed by atoms with Crippen LogP contribution >= 0.6 is 0 Å². The zero-order valence-electron chi connectivity index (χ0n) is 24.8. The topological polar surface area (TPSA) is 85.9 Å². The number of rotatable bonds is 3. The van der Waals surface area contributed by atoms with Crippen molar-refractivity contribution in [3.05, 3.63) is 115 Å². The van der Waals surface area contributed by atoms with Crippen molar-refractivity contribution < 1.29 is 4.42 Å². The Kier molecular flexibility index (Phi) is 5.70. The van der Waals surface area contributed by atoms with E-state index in [-0.39, 0.29) is 0 Å². The maximum absolute atomic E-state index is 6.07. The van der Waals surface area contributed by atoms with Crippen LogP contribution in [0.15, 0.2) is 135 Å². The maximum Gasteiger partial charge on any atom is 0.235 e. The molecular formula is C38H25N7O. The minimum Gasteiger partial charge on any atom is -0.456 e. The molecule has 0 spiro atoms. The zero-order valence-corrected chi connectivity index (χ0v) is 24.8. The summed E-state index contributed by atoms with van der Waals surface area (Å²) in [4.78, 5) is 22.8. The van der Waals surface area contributed by atoms with Crippen LogP contribution in [0.5, 0.6) is 0 Å². The maximum atomic E-state index is 6.07. The van der Waals surface area contributed by atoms with Crippen LogP contribution in [0.25, 0.3) is 82.8 Å². The van der Waals surface area contributed by atoms with E-state index in [4.69, 9.17) is 14.4 Å². The lowest BCUT2D eigenvalue weighted by Crippen LogP contribution is -2.09. The highest BCUT2D eigenvalue weighted by Gasteiger charge is 2.22. The van der Waals surface area contributed by atoms with E-state index in [0.29, 0.717) is 11.9 Å². The Morgan fingerprint density at radius 1 is 0.717 bits per heavy atom. The minimum absolute atomic E-state index is 0.528. The molecular weight excluding hydrogens is 570 g/mol. The van der Waals surface area contributed by atoms with Crippen molar-refractivity contribution in [2.24, 2.45) is 15.0 Å². The van der Waals surface area contributed by atoms with Gasteiger partial charge in [-0.1, -0.05) is 54.6 Å². The molecule has 8 nitrogen and oxygen atoms in total. The zero-order chi connectivity index (χ0) is 30.8. The first-order chi connectivity index (χ1) is 22.7. The van der Waals surface area contributed by atoms with Gasteiger partial charge in [0.2, 0.25) is 11.9 Å². The Morgan fingerprint density at radius 2 is 1.41 bits per heavy atom. The van der Waals surface area contributed by atoms with E-state index in [1.165, 1.54) is 6.34 Å². The van der Waals surface area contributed by atoms with Gasteiger partial charge in [-0.25, -0.2) is 15.0 Å². The second-order valence-electron chi connectivity index (χ2n) is 11.1. The van der Waals surface area contributed by atoms with Crippen molar-refractivity contribution in [1.82, 2.24) is 19.1 Å². The van der Waals surface area contributed by atoms with Gasteiger partial charge in [-0.2, -0.15) is 0 Å². The number of benzene rings is 5. The Bertz CT molecular complexity index is 2740. The van der Waals surface area contributed by atoms with Gasteiger partial charge in [0.05, 0.1) is 27.8 Å². The molecule has 0 unspecified atom stereocenters. The van der Waals surface area contributed by atoms with Crippen molar-refractivity contribution in [3.63, 3.8) is 0 Å². The number of aromatic nitrogens is 4. The van der Waals surface area contributed by atoms with Gasteiger partial charge in [-0.15, -0.1) is 0 Å². The summed E-state index contributed by atoms with van der Waals surface area (Å²) in [6, 6.07) is 37.3. The molecule has 0 amide bonds. The minimum atomic E-state index is 0.528. The van der Waals surface area contributed by atoms with E-state index in [9.17, 15) is 0 Å². The van der Waals surface area contributed by atoms with Crippen molar-refractivity contribution in [3.8, 4) is 17.2 Å². The van der Waals surface area contributed by atoms with Crippen LogP contribution in [0.4, 0.5) is 0 Å². The highest BCUT2D eigenvalue weighted by atomic mass is 16.3. The molecule has 0 fully saturated rings. The lowest BCUT2D eigenvalue weighted by Gasteiger charge is -2.09. The van der Waals surface area contributed by atoms with Crippen molar-refractivity contribution in [1.29, 1.82) is 0 Å². The van der Waals surface area contributed by atoms with Gasteiger partial charge in [0.1, 0.15) is 17.5 Å². The van der Waals surface area contributed by atoms with E-state index in [2.05, 4.69) is 104 Å². The van der Waals surface area contributed by atoms with Crippen LogP contribution < -0.4 is 0 Å². The van der Waals surface area contributed by atoms with Crippen molar-refractivity contribution in [2.45, 2.75) is 0 Å². The van der Waals surface area contributed by atoms with Crippen LogP contribution in [-0.2, 0) is 0 Å². The Balaban J connectivity index is 1.31. The molecule has 218 valence electrons. The fourth-order valence-electron chi connectivity index (χ4n) is 6.76. The van der Waals surface area contributed by atoms with E-state index in [0.717, 1.165) is 76.8 Å². The monoisotopic (exact) mass is 595 g/mol. The second-order valence-corrected chi connectivity index (χ2v) is 11.1. The third-order valence-corrected chi connectivity index (χ3v) is 8.64. The molecule has 0 aliphatic heterocycles. The lowest BCUT2D eigenvalue weighted by atomic mass is 10.1. The first-order valence-corrected chi connectivity index (χ1v) is 14.9. The average Bonchev–Trinajstić information content (AvgIpc) is 3.76. The van der Waals surface area contributed by atoms with Gasteiger partial charge >= 0.3 is 0 Å². The highest BCUT2D eigenvalue weighted by molar-refractivity contribution is 6.30. The van der Waals surface area contributed by atoms with Crippen LogP contribution in [0.1, 0.15) is 0 Å².